The monoisotopic (exact) mass is 309 g/mol. The van der Waals surface area contributed by atoms with Gasteiger partial charge in [-0.25, -0.2) is 9.69 Å². The van der Waals surface area contributed by atoms with Crippen molar-refractivity contribution in [2.75, 3.05) is 13.1 Å². The maximum absolute atomic E-state index is 12.2. The maximum Gasteiger partial charge on any atom is 0.491 e. The van der Waals surface area contributed by atoms with Crippen molar-refractivity contribution in [1.29, 1.82) is 0 Å². The second-order valence-corrected chi connectivity index (χ2v) is 3.71. The van der Waals surface area contributed by atoms with Gasteiger partial charge in [-0.05, 0) is 0 Å². The SMILES string of the molecule is NCCNC(=O)C(OC(=O)C(F)(F)F)N1C(=O)C=CC1=O. The van der Waals surface area contributed by atoms with E-state index in [0.717, 1.165) is 12.2 Å². The summed E-state index contributed by atoms with van der Waals surface area (Å²) in [6.07, 6.45) is -6.29. The molecular formula is C10H10F3N3O5. The zero-order valence-electron chi connectivity index (χ0n) is 10.3. The summed E-state index contributed by atoms with van der Waals surface area (Å²) in [5.41, 5.74) is 5.09. The Hall–Kier alpha value is -2.43. The number of imide groups is 1. The largest absolute Gasteiger partial charge is 0.491 e. The molecular weight excluding hydrogens is 299 g/mol. The van der Waals surface area contributed by atoms with E-state index in [1.807, 2.05) is 5.32 Å². The van der Waals surface area contributed by atoms with Gasteiger partial charge in [0.05, 0.1) is 0 Å². The number of ether oxygens (including phenoxy) is 1. The molecule has 0 saturated carbocycles. The first kappa shape index (κ1) is 16.6. The van der Waals surface area contributed by atoms with Crippen LogP contribution in [0.1, 0.15) is 0 Å². The Morgan fingerprint density at radius 2 is 1.81 bits per heavy atom. The molecule has 1 unspecified atom stereocenters. The number of hydrogen-bond donors (Lipinski definition) is 2. The van der Waals surface area contributed by atoms with Crippen molar-refractivity contribution >= 4 is 23.7 Å². The number of nitrogens with one attached hydrogen (secondary N) is 1. The maximum atomic E-state index is 12.2. The fourth-order valence-electron chi connectivity index (χ4n) is 1.32. The predicted molar refractivity (Wildman–Crippen MR) is 59.0 cm³/mol. The molecule has 0 aromatic rings. The van der Waals surface area contributed by atoms with Gasteiger partial charge in [0.2, 0.25) is 0 Å². The Morgan fingerprint density at radius 1 is 1.29 bits per heavy atom. The Balaban J connectivity index is 2.95. The van der Waals surface area contributed by atoms with Crippen LogP contribution >= 0.6 is 0 Å². The lowest BCUT2D eigenvalue weighted by Gasteiger charge is -2.25. The number of halogens is 3. The molecule has 0 saturated heterocycles. The number of rotatable bonds is 5. The quantitative estimate of drug-likeness (QED) is 0.467. The summed E-state index contributed by atoms with van der Waals surface area (Å²) in [6, 6.07) is 0. The minimum atomic E-state index is -5.38. The van der Waals surface area contributed by atoms with Gasteiger partial charge in [0, 0.05) is 25.2 Å². The van der Waals surface area contributed by atoms with Crippen LogP contribution in [-0.4, -0.2) is 54.1 Å². The molecule has 3 amide bonds. The number of nitrogens with two attached hydrogens (primary N) is 1. The first-order chi connectivity index (χ1) is 9.68. The van der Waals surface area contributed by atoms with Crippen molar-refractivity contribution in [3.8, 4) is 0 Å². The first-order valence-electron chi connectivity index (χ1n) is 5.49. The second kappa shape index (κ2) is 6.35. The molecule has 1 aliphatic heterocycles. The van der Waals surface area contributed by atoms with E-state index >= 15 is 0 Å². The van der Waals surface area contributed by atoms with Crippen LogP contribution in [0.15, 0.2) is 12.2 Å². The predicted octanol–water partition coefficient (Wildman–Crippen LogP) is -1.58. The van der Waals surface area contributed by atoms with E-state index in [1.54, 1.807) is 0 Å². The number of carbonyl (C=O) groups is 4. The van der Waals surface area contributed by atoms with E-state index in [9.17, 15) is 32.3 Å². The summed E-state index contributed by atoms with van der Waals surface area (Å²) in [4.78, 5) is 45.3. The van der Waals surface area contributed by atoms with Gasteiger partial charge in [-0.1, -0.05) is 0 Å². The molecule has 0 radical (unpaired) electrons. The van der Waals surface area contributed by atoms with Crippen LogP contribution in [-0.2, 0) is 23.9 Å². The molecule has 0 aromatic carbocycles. The fourth-order valence-corrected chi connectivity index (χ4v) is 1.32. The summed E-state index contributed by atoms with van der Waals surface area (Å²) in [6.45, 7) is -0.200. The lowest BCUT2D eigenvalue weighted by Crippen LogP contribution is -2.53. The number of carbonyl (C=O) groups excluding carboxylic acids is 4. The van der Waals surface area contributed by atoms with Crippen LogP contribution in [0.3, 0.4) is 0 Å². The summed E-state index contributed by atoms with van der Waals surface area (Å²) in [5.74, 6) is -6.14. The molecule has 1 atom stereocenters. The lowest BCUT2D eigenvalue weighted by atomic mass is 10.4. The van der Waals surface area contributed by atoms with Gasteiger partial charge in [-0.15, -0.1) is 0 Å². The van der Waals surface area contributed by atoms with Crippen LogP contribution in [0.25, 0.3) is 0 Å². The van der Waals surface area contributed by atoms with Gasteiger partial charge in [0.25, 0.3) is 23.9 Å². The zero-order valence-corrected chi connectivity index (χ0v) is 10.3. The van der Waals surface area contributed by atoms with Crippen LogP contribution in [0.5, 0.6) is 0 Å². The molecule has 1 rings (SSSR count). The third kappa shape index (κ3) is 4.02. The van der Waals surface area contributed by atoms with E-state index < -0.39 is 36.1 Å². The molecule has 1 aliphatic rings. The third-order valence-electron chi connectivity index (χ3n) is 2.20. The zero-order chi connectivity index (χ0) is 16.2. The van der Waals surface area contributed by atoms with Crippen molar-refractivity contribution in [3.05, 3.63) is 12.2 Å². The number of alkyl halides is 3. The Morgan fingerprint density at radius 3 is 2.24 bits per heavy atom. The van der Waals surface area contributed by atoms with E-state index in [2.05, 4.69) is 4.74 Å². The molecule has 8 nitrogen and oxygen atoms in total. The number of hydrogen-bond acceptors (Lipinski definition) is 6. The van der Waals surface area contributed by atoms with Crippen LogP contribution < -0.4 is 11.1 Å². The van der Waals surface area contributed by atoms with Gasteiger partial charge in [-0.2, -0.15) is 13.2 Å². The highest BCUT2D eigenvalue weighted by Crippen LogP contribution is 2.20. The van der Waals surface area contributed by atoms with Crippen LogP contribution in [0.4, 0.5) is 13.2 Å². The van der Waals surface area contributed by atoms with E-state index in [-0.39, 0.29) is 18.0 Å². The molecule has 21 heavy (non-hydrogen) atoms. The van der Waals surface area contributed by atoms with Crippen molar-refractivity contribution in [2.24, 2.45) is 5.73 Å². The Bertz CT molecular complexity index is 485. The molecule has 1 heterocycles. The lowest BCUT2D eigenvalue weighted by molar-refractivity contribution is -0.212. The average Bonchev–Trinajstić information content (AvgIpc) is 2.71. The number of amides is 3. The molecule has 11 heteroatoms. The van der Waals surface area contributed by atoms with Crippen molar-refractivity contribution < 1.29 is 37.1 Å². The fraction of sp³-hybridized carbons (Fsp3) is 0.400. The Labute approximate surface area is 115 Å². The summed E-state index contributed by atoms with van der Waals surface area (Å²) in [7, 11) is 0. The van der Waals surface area contributed by atoms with Crippen molar-refractivity contribution in [2.45, 2.75) is 12.4 Å². The molecule has 0 spiro atoms. The van der Waals surface area contributed by atoms with E-state index in [0.29, 0.717) is 0 Å². The molecule has 0 aliphatic carbocycles. The standard InChI is InChI=1S/C10H10F3N3O5/c11-10(12,13)9(20)21-8(7(19)15-4-3-14)16-5(17)1-2-6(16)18/h1-2,8H,3-4,14H2,(H,15,19). The van der Waals surface area contributed by atoms with E-state index in [4.69, 9.17) is 5.73 Å². The molecule has 116 valence electrons. The number of esters is 1. The Kier molecular flexibility index (Phi) is 5.02. The minimum Gasteiger partial charge on any atom is -0.425 e. The normalized spacial score (nSPS) is 16.1. The number of nitrogens with zero attached hydrogens (tertiary/aromatic N) is 1. The first-order valence-corrected chi connectivity index (χ1v) is 5.49. The smallest absolute Gasteiger partial charge is 0.425 e. The van der Waals surface area contributed by atoms with Crippen LogP contribution in [0.2, 0.25) is 0 Å². The van der Waals surface area contributed by atoms with Crippen molar-refractivity contribution in [1.82, 2.24) is 10.2 Å². The molecule has 0 aromatic heterocycles. The highest BCUT2D eigenvalue weighted by molar-refractivity contribution is 6.15. The van der Waals surface area contributed by atoms with Crippen molar-refractivity contribution in [3.63, 3.8) is 0 Å². The second-order valence-electron chi connectivity index (χ2n) is 3.71. The van der Waals surface area contributed by atoms with Gasteiger partial charge in [-0.3, -0.25) is 14.4 Å². The third-order valence-corrected chi connectivity index (χ3v) is 2.20. The summed E-state index contributed by atoms with van der Waals surface area (Å²) >= 11 is 0. The van der Waals surface area contributed by atoms with Gasteiger partial charge in [0.1, 0.15) is 0 Å². The van der Waals surface area contributed by atoms with Gasteiger partial charge < -0.3 is 15.8 Å². The topological polar surface area (TPSA) is 119 Å². The van der Waals surface area contributed by atoms with Crippen LogP contribution in [0, 0.1) is 0 Å². The summed E-state index contributed by atoms with van der Waals surface area (Å²) < 4.78 is 40.5. The minimum absolute atomic E-state index is 0.0498. The molecule has 0 bridgehead atoms. The van der Waals surface area contributed by atoms with E-state index in [1.165, 1.54) is 0 Å². The summed E-state index contributed by atoms with van der Waals surface area (Å²) in [5, 5.41) is 2.02. The average molecular weight is 309 g/mol. The van der Waals surface area contributed by atoms with Gasteiger partial charge >= 0.3 is 12.1 Å². The van der Waals surface area contributed by atoms with Gasteiger partial charge in [0.15, 0.2) is 0 Å². The molecule has 0 fully saturated rings. The highest BCUT2D eigenvalue weighted by Gasteiger charge is 2.47. The molecule has 3 N–H and O–H groups in total. The highest BCUT2D eigenvalue weighted by atomic mass is 19.4.